The second-order valence-corrected chi connectivity index (χ2v) is 2.78. The topological polar surface area (TPSA) is 26.3 Å². The van der Waals surface area contributed by atoms with Crippen LogP contribution >= 0.6 is 0 Å². The molecule has 0 aliphatic rings. The van der Waals surface area contributed by atoms with Crippen LogP contribution in [0.4, 0.5) is 0 Å². The molecule has 0 spiro atoms. The molecule has 2 nitrogen and oxygen atoms in total. The van der Waals surface area contributed by atoms with E-state index in [1.807, 2.05) is 20.8 Å². The molecule has 0 aromatic carbocycles. The quantitative estimate of drug-likeness (QED) is 0.534. The highest BCUT2D eigenvalue weighted by Crippen LogP contribution is 2.20. The molecule has 53 valence electrons. The summed E-state index contributed by atoms with van der Waals surface area (Å²) in [5.74, 6) is -0.280. The summed E-state index contributed by atoms with van der Waals surface area (Å²) < 4.78 is 4.51. The maximum absolute atomic E-state index is 11.0. The largest absolute Gasteiger partial charge is 0.550 e. The molecule has 0 bridgehead atoms. The van der Waals surface area contributed by atoms with E-state index in [4.69, 9.17) is 7.74 Å². The van der Waals surface area contributed by atoms with Crippen LogP contribution in [0.5, 0.6) is 0 Å². The fraction of sp³-hybridized carbons (Fsp3) is 0.833. The monoisotopic (exact) mass is 137 g/mol. The molecule has 3 radical (unpaired) electrons. The summed E-state index contributed by atoms with van der Waals surface area (Å²) in [6.07, 6.45) is 0.750. The zero-order valence-corrected chi connectivity index (χ0v) is 6.68. The van der Waals surface area contributed by atoms with Crippen LogP contribution in [0.3, 0.4) is 0 Å². The van der Waals surface area contributed by atoms with Gasteiger partial charge in [0.15, 0.2) is 0 Å². The lowest BCUT2D eigenvalue weighted by molar-refractivity contribution is -0.143. The van der Waals surface area contributed by atoms with Crippen LogP contribution in [-0.4, -0.2) is 21.1 Å². The van der Waals surface area contributed by atoms with Crippen molar-refractivity contribution >= 4 is 21.1 Å². The molecular formula is C6H11B2O2. The molecule has 0 amide bonds. The van der Waals surface area contributed by atoms with Crippen molar-refractivity contribution in [2.75, 3.05) is 0 Å². The number of carbonyl (C=O) groups is 1. The molecule has 4 heteroatoms. The minimum atomic E-state index is -0.421. The predicted molar refractivity (Wildman–Crippen MR) is 41.7 cm³/mol. The van der Waals surface area contributed by atoms with Crippen LogP contribution in [0, 0.1) is 5.41 Å². The van der Waals surface area contributed by atoms with Gasteiger partial charge in [-0.1, -0.05) is 6.92 Å². The van der Waals surface area contributed by atoms with Crippen LogP contribution < -0.4 is 0 Å². The summed E-state index contributed by atoms with van der Waals surface area (Å²) in [6.45, 7) is 5.56. The van der Waals surface area contributed by atoms with E-state index in [0.29, 0.717) is 0 Å². The number of hydrogen-bond acceptors (Lipinski definition) is 2. The highest BCUT2D eigenvalue weighted by Gasteiger charge is 2.25. The minimum absolute atomic E-state index is 0.280. The van der Waals surface area contributed by atoms with E-state index in [0.717, 1.165) is 13.8 Å². The zero-order chi connectivity index (χ0) is 8.20. The van der Waals surface area contributed by atoms with Gasteiger partial charge in [0.25, 0.3) is 5.97 Å². The summed E-state index contributed by atoms with van der Waals surface area (Å²) in [6, 6.07) is 0. The highest BCUT2D eigenvalue weighted by atomic mass is 16.5. The molecule has 0 saturated carbocycles. The van der Waals surface area contributed by atoms with E-state index < -0.39 is 5.41 Å². The molecule has 0 N–H and O–H groups in total. The second-order valence-electron chi connectivity index (χ2n) is 2.78. The Balaban J connectivity index is 3.91. The Labute approximate surface area is 64.0 Å². The highest BCUT2D eigenvalue weighted by molar-refractivity contribution is 6.86. The SMILES string of the molecule is [B][B]OC(=O)C(C)(C)CC. The summed E-state index contributed by atoms with van der Waals surface area (Å²) in [4.78, 5) is 11.0. The van der Waals surface area contributed by atoms with Crippen molar-refractivity contribution < 1.29 is 9.45 Å². The van der Waals surface area contributed by atoms with Gasteiger partial charge in [0.1, 0.15) is 0 Å². The molecule has 0 aromatic rings. The Hall–Kier alpha value is -0.400. The third-order valence-electron chi connectivity index (χ3n) is 1.61. The molecule has 10 heavy (non-hydrogen) atoms. The maximum atomic E-state index is 11.0. The van der Waals surface area contributed by atoms with Gasteiger partial charge in [-0.25, -0.2) is 0 Å². The Bertz CT molecular complexity index is 123. The third-order valence-corrected chi connectivity index (χ3v) is 1.61. The average molecular weight is 137 g/mol. The van der Waals surface area contributed by atoms with Gasteiger partial charge in [0, 0.05) is 0 Å². The number of carbonyl (C=O) groups excluding carboxylic acids is 1. The van der Waals surface area contributed by atoms with Crippen LogP contribution in [-0.2, 0) is 9.45 Å². The molecule has 0 aliphatic heterocycles. The average Bonchev–Trinajstić information content (AvgIpc) is 1.89. The Morgan fingerprint density at radius 3 is 2.50 bits per heavy atom. The van der Waals surface area contributed by atoms with E-state index >= 15 is 0 Å². The van der Waals surface area contributed by atoms with Crippen molar-refractivity contribution in [2.45, 2.75) is 27.2 Å². The number of rotatable bonds is 3. The normalized spacial score (nSPS) is 10.7. The van der Waals surface area contributed by atoms with Crippen molar-refractivity contribution in [3.05, 3.63) is 0 Å². The fourth-order valence-corrected chi connectivity index (χ4v) is 0.366. The number of hydrogen-bond donors (Lipinski definition) is 0. The lowest BCUT2D eigenvalue weighted by Crippen LogP contribution is -2.27. The standard InChI is InChI=1S/C6H11B2O2/c1-4-6(2,3)5(9)10-8-7/h4H2,1-3H3. The summed E-state index contributed by atoms with van der Waals surface area (Å²) in [7, 11) is 5.83. The van der Waals surface area contributed by atoms with Crippen molar-refractivity contribution in [3.8, 4) is 0 Å². The predicted octanol–water partition coefficient (Wildman–Crippen LogP) is 0.668. The maximum Gasteiger partial charge on any atom is 0.306 e. The van der Waals surface area contributed by atoms with Crippen molar-refractivity contribution in [2.24, 2.45) is 5.41 Å². The van der Waals surface area contributed by atoms with Gasteiger partial charge >= 0.3 is 7.37 Å². The van der Waals surface area contributed by atoms with E-state index in [9.17, 15) is 4.79 Å². The van der Waals surface area contributed by atoms with E-state index in [1.54, 1.807) is 0 Å². The van der Waals surface area contributed by atoms with Crippen molar-refractivity contribution in [1.29, 1.82) is 0 Å². The van der Waals surface area contributed by atoms with Crippen LogP contribution in [0.25, 0.3) is 0 Å². The molecule has 0 heterocycles. The minimum Gasteiger partial charge on any atom is -0.550 e. The van der Waals surface area contributed by atoms with Gasteiger partial charge in [-0.2, -0.15) is 0 Å². The smallest absolute Gasteiger partial charge is 0.306 e. The van der Waals surface area contributed by atoms with Gasteiger partial charge in [-0.3, -0.25) is 4.79 Å². The lowest BCUT2D eigenvalue weighted by atomic mass is 9.71. The fourth-order valence-electron chi connectivity index (χ4n) is 0.366. The Morgan fingerprint density at radius 1 is 1.70 bits per heavy atom. The molecule has 0 aromatic heterocycles. The van der Waals surface area contributed by atoms with E-state index in [1.165, 1.54) is 0 Å². The van der Waals surface area contributed by atoms with E-state index in [-0.39, 0.29) is 5.97 Å². The first-order valence-electron chi connectivity index (χ1n) is 3.29. The van der Waals surface area contributed by atoms with Gasteiger partial charge in [-0.05, 0) is 20.3 Å². The van der Waals surface area contributed by atoms with Gasteiger partial charge in [0.05, 0.1) is 13.2 Å². The first-order chi connectivity index (χ1) is 4.54. The molecular weight excluding hydrogens is 126 g/mol. The summed E-state index contributed by atoms with van der Waals surface area (Å²) >= 11 is 0. The Morgan fingerprint density at radius 2 is 2.20 bits per heavy atom. The van der Waals surface area contributed by atoms with Crippen LogP contribution in [0.2, 0.25) is 0 Å². The third kappa shape index (κ3) is 2.46. The molecule has 0 saturated heterocycles. The molecule has 0 fully saturated rings. The zero-order valence-electron chi connectivity index (χ0n) is 6.68. The molecule has 0 unspecified atom stereocenters. The van der Waals surface area contributed by atoms with Gasteiger partial charge < -0.3 is 4.65 Å². The first kappa shape index (κ1) is 9.60. The van der Waals surface area contributed by atoms with Crippen LogP contribution in [0.15, 0.2) is 0 Å². The van der Waals surface area contributed by atoms with E-state index in [2.05, 4.69) is 4.65 Å². The molecule has 0 rings (SSSR count). The second kappa shape index (κ2) is 3.69. The molecule has 0 atom stereocenters. The van der Waals surface area contributed by atoms with Gasteiger partial charge in [-0.15, -0.1) is 0 Å². The van der Waals surface area contributed by atoms with Gasteiger partial charge in [0.2, 0.25) is 0 Å². The lowest BCUT2D eigenvalue weighted by Gasteiger charge is -2.19. The Kier molecular flexibility index (Phi) is 3.54. The van der Waals surface area contributed by atoms with Crippen LogP contribution in [0.1, 0.15) is 27.2 Å². The first-order valence-corrected chi connectivity index (χ1v) is 3.29. The summed E-state index contributed by atoms with van der Waals surface area (Å²) in [5.41, 5.74) is -0.421. The van der Waals surface area contributed by atoms with Crippen molar-refractivity contribution in [1.82, 2.24) is 0 Å². The summed E-state index contributed by atoms with van der Waals surface area (Å²) in [5, 5.41) is 0. The van der Waals surface area contributed by atoms with Crippen molar-refractivity contribution in [3.63, 3.8) is 0 Å². The molecule has 0 aliphatic carbocycles.